The molecule has 3 aromatic carbocycles. The van der Waals surface area contributed by atoms with Crippen LogP contribution in [0.4, 0.5) is 5.69 Å². The number of rotatable bonds is 4. The average Bonchev–Trinajstić information content (AvgIpc) is 2.64. The van der Waals surface area contributed by atoms with Gasteiger partial charge in [-0.1, -0.05) is 51.3 Å². The van der Waals surface area contributed by atoms with Gasteiger partial charge in [0.2, 0.25) is 0 Å². The van der Waals surface area contributed by atoms with Crippen LogP contribution in [0.2, 0.25) is 0 Å². The zero-order valence-corrected chi connectivity index (χ0v) is 17.3. The monoisotopic (exact) mass is 443 g/mol. The van der Waals surface area contributed by atoms with Crippen LogP contribution in [0, 0.1) is 13.8 Å². The van der Waals surface area contributed by atoms with Crippen molar-refractivity contribution in [2.75, 3.05) is 4.31 Å². The molecule has 0 heterocycles. The molecule has 0 radical (unpaired) electrons. The number of carbonyl (C=O) groups excluding carboxylic acids is 1. The molecule has 0 spiro atoms. The lowest BCUT2D eigenvalue weighted by atomic mass is 10.2. The highest BCUT2D eigenvalue weighted by Crippen LogP contribution is 2.27. The fourth-order valence-corrected chi connectivity index (χ4v) is 4.25. The highest BCUT2D eigenvalue weighted by atomic mass is 79.9. The molecule has 0 unspecified atom stereocenters. The molecule has 0 bridgehead atoms. The normalized spacial score (nSPS) is 11.2. The Morgan fingerprint density at radius 1 is 0.778 bits per heavy atom. The Balaban J connectivity index is 2.15. The number of hydrogen-bond donors (Lipinski definition) is 0. The number of halogens is 1. The van der Waals surface area contributed by atoms with Crippen LogP contribution < -0.4 is 4.31 Å². The number of sulfonamides is 1. The van der Waals surface area contributed by atoms with Crippen LogP contribution in [-0.2, 0) is 10.0 Å². The van der Waals surface area contributed by atoms with Crippen LogP contribution in [0.15, 0.2) is 82.2 Å². The summed E-state index contributed by atoms with van der Waals surface area (Å²) in [4.78, 5) is 13.2. The fourth-order valence-electron chi connectivity index (χ4n) is 2.57. The van der Waals surface area contributed by atoms with Gasteiger partial charge in [-0.25, -0.2) is 8.42 Å². The third-order valence-corrected chi connectivity index (χ3v) is 6.36. The molecular formula is C21H18BrNO3S. The Morgan fingerprint density at radius 3 is 1.78 bits per heavy atom. The van der Waals surface area contributed by atoms with Gasteiger partial charge < -0.3 is 0 Å². The van der Waals surface area contributed by atoms with Crippen LogP contribution in [0.25, 0.3) is 0 Å². The Kier molecular flexibility index (Phi) is 5.48. The Hall–Kier alpha value is -2.44. The topological polar surface area (TPSA) is 54.5 Å². The summed E-state index contributed by atoms with van der Waals surface area (Å²) in [6.07, 6.45) is 0. The van der Waals surface area contributed by atoms with Gasteiger partial charge >= 0.3 is 0 Å². The molecule has 0 aliphatic carbocycles. The molecule has 3 rings (SSSR count). The van der Waals surface area contributed by atoms with E-state index in [1.54, 1.807) is 60.7 Å². The lowest BCUT2D eigenvalue weighted by Crippen LogP contribution is -2.37. The van der Waals surface area contributed by atoms with E-state index in [-0.39, 0.29) is 10.5 Å². The first-order chi connectivity index (χ1) is 12.8. The molecule has 0 saturated carbocycles. The lowest BCUT2D eigenvalue weighted by Gasteiger charge is -2.23. The maximum atomic E-state index is 13.3. The second kappa shape index (κ2) is 7.66. The van der Waals surface area contributed by atoms with Crippen LogP contribution in [0.1, 0.15) is 21.5 Å². The third kappa shape index (κ3) is 4.12. The van der Waals surface area contributed by atoms with E-state index in [0.29, 0.717) is 5.69 Å². The number of benzene rings is 3. The van der Waals surface area contributed by atoms with Crippen molar-refractivity contribution in [1.29, 1.82) is 0 Å². The minimum Gasteiger partial charge on any atom is -0.268 e. The third-order valence-electron chi connectivity index (χ3n) is 4.10. The fraction of sp³-hybridized carbons (Fsp3) is 0.0952. The number of carbonyl (C=O) groups is 1. The van der Waals surface area contributed by atoms with Crippen molar-refractivity contribution in [3.05, 3.63) is 94.0 Å². The largest absolute Gasteiger partial charge is 0.272 e. The summed E-state index contributed by atoms with van der Waals surface area (Å²) < 4.78 is 28.3. The van der Waals surface area contributed by atoms with Crippen LogP contribution in [0.3, 0.4) is 0 Å². The van der Waals surface area contributed by atoms with Gasteiger partial charge in [-0.3, -0.25) is 4.79 Å². The quantitative estimate of drug-likeness (QED) is 0.563. The van der Waals surface area contributed by atoms with Gasteiger partial charge in [0.05, 0.1) is 10.6 Å². The molecule has 1 amide bonds. The molecule has 138 valence electrons. The molecule has 0 aromatic heterocycles. The Morgan fingerprint density at radius 2 is 1.26 bits per heavy atom. The molecular weight excluding hydrogens is 426 g/mol. The highest BCUT2D eigenvalue weighted by molar-refractivity contribution is 9.10. The van der Waals surface area contributed by atoms with E-state index >= 15 is 0 Å². The predicted molar refractivity (Wildman–Crippen MR) is 110 cm³/mol. The van der Waals surface area contributed by atoms with Crippen molar-refractivity contribution in [3.8, 4) is 0 Å². The zero-order valence-electron chi connectivity index (χ0n) is 14.9. The van der Waals surface area contributed by atoms with Gasteiger partial charge in [0.25, 0.3) is 15.9 Å². The molecule has 0 N–H and O–H groups in total. The van der Waals surface area contributed by atoms with Gasteiger partial charge in [-0.05, 0) is 62.4 Å². The second-order valence-corrected chi connectivity index (χ2v) is 8.93. The number of amides is 1. The first-order valence-corrected chi connectivity index (χ1v) is 10.5. The van der Waals surface area contributed by atoms with Crippen LogP contribution >= 0.6 is 15.9 Å². The molecule has 3 aromatic rings. The molecule has 0 atom stereocenters. The molecule has 0 aliphatic heterocycles. The molecule has 6 heteroatoms. The number of hydrogen-bond acceptors (Lipinski definition) is 3. The van der Waals surface area contributed by atoms with Crippen molar-refractivity contribution in [3.63, 3.8) is 0 Å². The summed E-state index contributed by atoms with van der Waals surface area (Å²) in [6.45, 7) is 3.78. The van der Waals surface area contributed by atoms with Crippen molar-refractivity contribution in [1.82, 2.24) is 0 Å². The second-order valence-electron chi connectivity index (χ2n) is 6.23. The highest BCUT2D eigenvalue weighted by Gasteiger charge is 2.31. The Bertz CT molecular complexity index is 1060. The van der Waals surface area contributed by atoms with Gasteiger partial charge in [0.15, 0.2) is 0 Å². The van der Waals surface area contributed by atoms with E-state index in [1.165, 1.54) is 12.1 Å². The standard InChI is InChI=1S/C21H18BrNO3S/c1-15-3-11-19(12-4-15)23(21(24)17-7-9-18(22)10-8-17)27(25,26)20-13-5-16(2)6-14-20/h3-14H,1-2H3. The van der Waals surface area contributed by atoms with Crippen molar-refractivity contribution < 1.29 is 13.2 Å². The summed E-state index contributed by atoms with van der Waals surface area (Å²) >= 11 is 3.32. The molecule has 4 nitrogen and oxygen atoms in total. The molecule has 0 aliphatic rings. The number of aryl methyl sites for hydroxylation is 2. The maximum Gasteiger partial charge on any atom is 0.272 e. The summed E-state index contributed by atoms with van der Waals surface area (Å²) in [5.74, 6) is -0.605. The first-order valence-electron chi connectivity index (χ1n) is 8.27. The summed E-state index contributed by atoms with van der Waals surface area (Å²) in [6, 6.07) is 19.9. The van der Waals surface area contributed by atoms with E-state index in [4.69, 9.17) is 0 Å². The van der Waals surface area contributed by atoms with Crippen molar-refractivity contribution >= 4 is 37.5 Å². The summed E-state index contributed by atoms with van der Waals surface area (Å²) in [5, 5.41) is 0. The van der Waals surface area contributed by atoms with Crippen LogP contribution in [0.5, 0.6) is 0 Å². The van der Waals surface area contributed by atoms with E-state index in [0.717, 1.165) is 19.9 Å². The molecule has 0 fully saturated rings. The Labute approximate surface area is 167 Å². The van der Waals surface area contributed by atoms with Gasteiger partial charge in [0, 0.05) is 10.0 Å². The maximum absolute atomic E-state index is 13.3. The van der Waals surface area contributed by atoms with E-state index in [2.05, 4.69) is 15.9 Å². The van der Waals surface area contributed by atoms with Gasteiger partial charge in [-0.2, -0.15) is 4.31 Å². The number of anilines is 1. The SMILES string of the molecule is Cc1ccc(N(C(=O)c2ccc(Br)cc2)S(=O)(=O)c2ccc(C)cc2)cc1. The van der Waals surface area contributed by atoms with E-state index in [1.807, 2.05) is 13.8 Å². The van der Waals surface area contributed by atoms with Crippen LogP contribution in [-0.4, -0.2) is 14.3 Å². The number of nitrogens with zero attached hydrogens (tertiary/aromatic N) is 1. The minimum atomic E-state index is -4.07. The van der Waals surface area contributed by atoms with Crippen molar-refractivity contribution in [2.24, 2.45) is 0 Å². The minimum absolute atomic E-state index is 0.0686. The van der Waals surface area contributed by atoms with Gasteiger partial charge in [-0.15, -0.1) is 0 Å². The van der Waals surface area contributed by atoms with E-state index in [9.17, 15) is 13.2 Å². The smallest absolute Gasteiger partial charge is 0.268 e. The zero-order chi connectivity index (χ0) is 19.6. The molecule has 27 heavy (non-hydrogen) atoms. The van der Waals surface area contributed by atoms with E-state index < -0.39 is 15.9 Å². The predicted octanol–water partition coefficient (Wildman–Crippen LogP) is 5.10. The molecule has 0 saturated heterocycles. The lowest BCUT2D eigenvalue weighted by molar-refractivity contribution is 0.101. The summed E-state index contributed by atoms with van der Waals surface area (Å²) in [7, 11) is -4.07. The van der Waals surface area contributed by atoms with Gasteiger partial charge in [0.1, 0.15) is 0 Å². The summed E-state index contributed by atoms with van der Waals surface area (Å²) in [5.41, 5.74) is 2.50. The van der Waals surface area contributed by atoms with Crippen molar-refractivity contribution in [2.45, 2.75) is 18.7 Å². The average molecular weight is 444 g/mol. The first kappa shape index (κ1) is 19.3.